The van der Waals surface area contributed by atoms with E-state index in [9.17, 15) is 14.3 Å². The minimum absolute atomic E-state index is 0.164. The number of aliphatic hydroxyl groups is 1. The molecule has 1 N–H and O–H groups in total. The summed E-state index contributed by atoms with van der Waals surface area (Å²) in [5.41, 5.74) is 3.73. The van der Waals surface area contributed by atoms with Gasteiger partial charge in [0.2, 0.25) is 0 Å². The highest BCUT2D eigenvalue weighted by atomic mass is 19.1. The first-order valence-electron chi connectivity index (χ1n) is 11.9. The van der Waals surface area contributed by atoms with Gasteiger partial charge in [0, 0.05) is 25.6 Å². The van der Waals surface area contributed by atoms with Crippen LogP contribution < -0.4 is 0 Å². The monoisotopic (exact) mass is 457 g/mol. The lowest BCUT2D eigenvalue weighted by Gasteiger charge is -2.42. The van der Waals surface area contributed by atoms with Crippen LogP contribution in [-0.4, -0.2) is 54.4 Å². The zero-order chi connectivity index (χ0) is 23.8. The summed E-state index contributed by atoms with van der Waals surface area (Å²) in [5.74, 6) is -0.364. The maximum atomic E-state index is 13.8. The number of benzene rings is 2. The number of ether oxygens (including phenoxy) is 2. The number of hydrogen-bond acceptors (Lipinski definition) is 5. The Morgan fingerprint density at radius 3 is 2.76 bits per heavy atom. The van der Waals surface area contributed by atoms with Crippen molar-refractivity contribution in [1.29, 1.82) is 0 Å². The lowest BCUT2D eigenvalue weighted by molar-refractivity contribution is -0.143. The van der Waals surface area contributed by atoms with E-state index in [-0.39, 0.29) is 24.5 Å². The van der Waals surface area contributed by atoms with E-state index in [1.54, 1.807) is 19.9 Å². The molecule has 1 heterocycles. The third-order valence-corrected chi connectivity index (χ3v) is 6.35. The van der Waals surface area contributed by atoms with Crippen LogP contribution in [-0.2, 0) is 27.1 Å². The minimum atomic E-state index is -0.600. The largest absolute Gasteiger partial charge is 0.466 e. The van der Waals surface area contributed by atoms with E-state index in [1.165, 1.54) is 0 Å². The smallest absolute Gasteiger partial charge is 0.306 e. The summed E-state index contributed by atoms with van der Waals surface area (Å²) in [4.78, 5) is 14.0. The zero-order valence-corrected chi connectivity index (χ0v) is 19.9. The molecule has 3 rings (SSSR count). The second kappa shape index (κ2) is 12.3. The predicted octanol–water partition coefficient (Wildman–Crippen LogP) is 4.39. The number of halogens is 1. The van der Waals surface area contributed by atoms with Crippen LogP contribution in [0.2, 0.25) is 0 Å². The molecular weight excluding hydrogens is 421 g/mol. The Labute approximate surface area is 196 Å². The van der Waals surface area contributed by atoms with Crippen molar-refractivity contribution < 1.29 is 23.8 Å². The van der Waals surface area contributed by atoms with Gasteiger partial charge < -0.3 is 14.6 Å². The van der Waals surface area contributed by atoms with Crippen LogP contribution in [0.5, 0.6) is 0 Å². The SMILES string of the molecule is CCOC(=O)CCc1ccccc1[C@@H](C)OC[C@H](O)CN1CCC1Cc1ccc(C)c(F)c1. The fourth-order valence-electron chi connectivity index (χ4n) is 4.30. The lowest BCUT2D eigenvalue weighted by Crippen LogP contribution is -2.52. The molecule has 1 aliphatic heterocycles. The minimum Gasteiger partial charge on any atom is -0.466 e. The molecule has 5 nitrogen and oxygen atoms in total. The summed E-state index contributed by atoms with van der Waals surface area (Å²) in [6.07, 6.45) is 1.97. The van der Waals surface area contributed by atoms with Crippen molar-refractivity contribution in [3.63, 3.8) is 0 Å². The van der Waals surface area contributed by atoms with Crippen molar-refractivity contribution in [3.05, 3.63) is 70.5 Å². The Bertz CT molecular complexity index is 919. The van der Waals surface area contributed by atoms with Gasteiger partial charge in [0.05, 0.1) is 25.4 Å². The second-order valence-corrected chi connectivity index (χ2v) is 8.86. The number of aryl methyl sites for hydroxylation is 2. The van der Waals surface area contributed by atoms with Crippen molar-refractivity contribution in [3.8, 4) is 0 Å². The molecule has 0 aromatic heterocycles. The van der Waals surface area contributed by atoms with E-state index < -0.39 is 6.10 Å². The summed E-state index contributed by atoms with van der Waals surface area (Å²) in [6.45, 7) is 7.63. The third kappa shape index (κ3) is 7.36. The van der Waals surface area contributed by atoms with E-state index in [2.05, 4.69) is 4.90 Å². The van der Waals surface area contributed by atoms with Crippen LogP contribution in [0.3, 0.4) is 0 Å². The molecule has 33 heavy (non-hydrogen) atoms. The van der Waals surface area contributed by atoms with E-state index in [0.717, 1.165) is 36.1 Å². The summed E-state index contributed by atoms with van der Waals surface area (Å²) in [6, 6.07) is 13.7. The molecule has 3 atom stereocenters. The highest BCUT2D eigenvalue weighted by Gasteiger charge is 2.30. The van der Waals surface area contributed by atoms with Crippen molar-refractivity contribution >= 4 is 5.97 Å². The number of likely N-dealkylation sites (tertiary alicyclic amines) is 1. The van der Waals surface area contributed by atoms with Gasteiger partial charge in [-0.05, 0) is 68.4 Å². The van der Waals surface area contributed by atoms with Crippen LogP contribution >= 0.6 is 0 Å². The Morgan fingerprint density at radius 1 is 1.27 bits per heavy atom. The molecule has 0 aliphatic carbocycles. The topological polar surface area (TPSA) is 59.0 Å². The van der Waals surface area contributed by atoms with E-state index in [4.69, 9.17) is 9.47 Å². The molecule has 1 saturated heterocycles. The number of carbonyl (C=O) groups is 1. The molecule has 6 heteroatoms. The molecule has 0 saturated carbocycles. The quantitative estimate of drug-likeness (QED) is 0.479. The number of β-amino-alcohol motifs (C(OH)–C–C–N with tert-alkyl or cyclic N) is 1. The number of rotatable bonds is 12. The van der Waals surface area contributed by atoms with Gasteiger partial charge in [-0.2, -0.15) is 0 Å². The number of esters is 1. The zero-order valence-electron chi connectivity index (χ0n) is 19.9. The Morgan fingerprint density at radius 2 is 2.06 bits per heavy atom. The van der Waals surface area contributed by atoms with Gasteiger partial charge in [-0.25, -0.2) is 4.39 Å². The number of nitrogens with zero attached hydrogens (tertiary/aromatic N) is 1. The summed E-state index contributed by atoms with van der Waals surface area (Å²) in [5, 5.41) is 10.6. The molecule has 0 bridgehead atoms. The summed E-state index contributed by atoms with van der Waals surface area (Å²) >= 11 is 0. The van der Waals surface area contributed by atoms with Gasteiger partial charge in [-0.15, -0.1) is 0 Å². The van der Waals surface area contributed by atoms with Crippen molar-refractivity contribution in [2.45, 2.75) is 64.7 Å². The third-order valence-electron chi connectivity index (χ3n) is 6.35. The van der Waals surface area contributed by atoms with Crippen LogP contribution in [0.25, 0.3) is 0 Å². The normalized spacial score (nSPS) is 17.9. The maximum Gasteiger partial charge on any atom is 0.306 e. The molecule has 0 amide bonds. The van der Waals surface area contributed by atoms with Crippen molar-refractivity contribution in [1.82, 2.24) is 4.90 Å². The van der Waals surface area contributed by atoms with Crippen LogP contribution in [0.4, 0.5) is 4.39 Å². The van der Waals surface area contributed by atoms with Gasteiger partial charge in [-0.1, -0.05) is 36.4 Å². The van der Waals surface area contributed by atoms with Gasteiger partial charge in [0.1, 0.15) is 5.82 Å². The van der Waals surface area contributed by atoms with Gasteiger partial charge in [0.15, 0.2) is 0 Å². The predicted molar refractivity (Wildman–Crippen MR) is 127 cm³/mol. The number of hydrogen-bond donors (Lipinski definition) is 1. The van der Waals surface area contributed by atoms with Gasteiger partial charge >= 0.3 is 5.97 Å². The average molecular weight is 458 g/mol. The Hall–Kier alpha value is -2.28. The summed E-state index contributed by atoms with van der Waals surface area (Å²) in [7, 11) is 0. The van der Waals surface area contributed by atoms with Crippen LogP contribution in [0, 0.1) is 12.7 Å². The fourth-order valence-corrected chi connectivity index (χ4v) is 4.30. The van der Waals surface area contributed by atoms with Gasteiger partial charge in [0.25, 0.3) is 0 Å². The molecule has 0 spiro atoms. The molecule has 1 aliphatic rings. The first-order valence-corrected chi connectivity index (χ1v) is 11.9. The van der Waals surface area contributed by atoms with Crippen molar-refractivity contribution in [2.75, 3.05) is 26.3 Å². The fraction of sp³-hybridized carbons (Fsp3) is 0.519. The molecule has 0 radical (unpaired) electrons. The highest BCUT2D eigenvalue weighted by molar-refractivity contribution is 5.69. The highest BCUT2D eigenvalue weighted by Crippen LogP contribution is 2.25. The second-order valence-electron chi connectivity index (χ2n) is 8.86. The molecule has 180 valence electrons. The standard InChI is InChI=1S/C27H36FNO4/c1-4-32-27(31)12-11-22-7-5-6-8-25(22)20(3)33-18-24(30)17-29-14-13-23(29)15-21-10-9-19(2)26(28)16-21/h5-10,16,20,23-24,30H,4,11-15,17-18H2,1-3H3/t20-,23?,24-/m1/s1. The van der Waals surface area contributed by atoms with Gasteiger partial charge in [-0.3, -0.25) is 9.69 Å². The average Bonchev–Trinajstić information content (AvgIpc) is 2.80. The Kier molecular flexibility index (Phi) is 9.41. The molecule has 2 aromatic carbocycles. The number of aliphatic hydroxyl groups excluding tert-OH is 1. The van der Waals surface area contributed by atoms with Crippen LogP contribution in [0.1, 0.15) is 55.0 Å². The first-order chi connectivity index (χ1) is 15.9. The maximum absolute atomic E-state index is 13.8. The lowest BCUT2D eigenvalue weighted by atomic mass is 9.94. The van der Waals surface area contributed by atoms with E-state index >= 15 is 0 Å². The Balaban J connectivity index is 1.46. The molecular formula is C27H36FNO4. The molecule has 1 fully saturated rings. The van der Waals surface area contributed by atoms with E-state index in [1.807, 2.05) is 43.3 Å². The first kappa shape index (κ1) is 25.3. The van der Waals surface area contributed by atoms with Crippen molar-refractivity contribution in [2.24, 2.45) is 0 Å². The van der Waals surface area contributed by atoms with E-state index in [0.29, 0.717) is 37.6 Å². The van der Waals surface area contributed by atoms with Crippen LogP contribution in [0.15, 0.2) is 42.5 Å². The molecule has 2 aromatic rings. The molecule has 1 unspecified atom stereocenters. The summed E-state index contributed by atoms with van der Waals surface area (Å²) < 4.78 is 24.9. The number of carbonyl (C=O) groups excluding carboxylic acids is 1.